The molecule has 1 aliphatic heterocycles. The number of pyridine rings is 1. The van der Waals surface area contributed by atoms with E-state index in [1.54, 1.807) is 0 Å². The van der Waals surface area contributed by atoms with Crippen LogP contribution in [-0.2, 0) is 11.2 Å². The zero-order valence-electron chi connectivity index (χ0n) is 14.8. The van der Waals surface area contributed by atoms with Crippen molar-refractivity contribution in [2.45, 2.75) is 46.1 Å². The van der Waals surface area contributed by atoms with Crippen LogP contribution in [-0.4, -0.2) is 34.3 Å². The van der Waals surface area contributed by atoms with E-state index in [0.717, 1.165) is 42.1 Å². The van der Waals surface area contributed by atoms with Crippen LogP contribution >= 0.6 is 0 Å². The Morgan fingerprint density at radius 3 is 2.88 bits per heavy atom. The van der Waals surface area contributed by atoms with Gasteiger partial charge < -0.3 is 19.9 Å². The smallest absolute Gasteiger partial charge is 0.319 e. The molecule has 134 valence electrons. The first-order valence-electron chi connectivity index (χ1n) is 8.46. The summed E-state index contributed by atoms with van der Waals surface area (Å²) in [6, 6.07) is 1.66. The SMILES string of the molecule is Cc1cc(C)c(NC(=O)NCCc2noc(C3CCCO3)n2)c(C)n1. The van der Waals surface area contributed by atoms with Crippen LogP contribution < -0.4 is 10.6 Å². The number of rotatable bonds is 5. The van der Waals surface area contributed by atoms with Crippen molar-refractivity contribution in [1.82, 2.24) is 20.4 Å². The van der Waals surface area contributed by atoms with Crippen molar-refractivity contribution in [3.63, 3.8) is 0 Å². The minimum atomic E-state index is -0.278. The van der Waals surface area contributed by atoms with Crippen molar-refractivity contribution in [2.75, 3.05) is 18.5 Å². The van der Waals surface area contributed by atoms with Crippen LogP contribution in [0.15, 0.2) is 10.6 Å². The maximum Gasteiger partial charge on any atom is 0.319 e. The number of anilines is 1. The highest BCUT2D eigenvalue weighted by Gasteiger charge is 2.23. The van der Waals surface area contributed by atoms with E-state index in [0.29, 0.717) is 24.7 Å². The standard InChI is InChI=1S/C17H23N5O3/c1-10-9-11(2)19-12(3)15(10)21-17(23)18-7-6-14-20-16(25-22-14)13-5-4-8-24-13/h9,13H,4-8H2,1-3H3,(H2,18,21,23). The van der Waals surface area contributed by atoms with Crippen molar-refractivity contribution in [2.24, 2.45) is 0 Å². The molecule has 1 atom stereocenters. The van der Waals surface area contributed by atoms with Gasteiger partial charge in [0.1, 0.15) is 6.10 Å². The molecule has 3 heterocycles. The summed E-state index contributed by atoms with van der Waals surface area (Å²) in [4.78, 5) is 20.8. The number of hydrogen-bond donors (Lipinski definition) is 2. The highest BCUT2D eigenvalue weighted by Crippen LogP contribution is 2.26. The molecular weight excluding hydrogens is 322 g/mol. The molecule has 8 nitrogen and oxygen atoms in total. The van der Waals surface area contributed by atoms with Crippen molar-refractivity contribution in [3.05, 3.63) is 34.7 Å². The lowest BCUT2D eigenvalue weighted by Gasteiger charge is -2.12. The molecule has 2 amide bonds. The maximum absolute atomic E-state index is 12.1. The molecule has 0 radical (unpaired) electrons. The van der Waals surface area contributed by atoms with Gasteiger partial charge in [-0.15, -0.1) is 0 Å². The van der Waals surface area contributed by atoms with Gasteiger partial charge in [-0.2, -0.15) is 4.98 Å². The van der Waals surface area contributed by atoms with Gasteiger partial charge in [0.15, 0.2) is 5.82 Å². The largest absolute Gasteiger partial charge is 0.368 e. The molecule has 2 aromatic heterocycles. The van der Waals surface area contributed by atoms with E-state index >= 15 is 0 Å². The van der Waals surface area contributed by atoms with Crippen LogP contribution in [0, 0.1) is 20.8 Å². The molecule has 8 heteroatoms. The van der Waals surface area contributed by atoms with E-state index in [2.05, 4.69) is 25.8 Å². The molecule has 0 spiro atoms. The van der Waals surface area contributed by atoms with Crippen LogP contribution in [0.4, 0.5) is 10.5 Å². The predicted octanol–water partition coefficient (Wildman–Crippen LogP) is 2.61. The van der Waals surface area contributed by atoms with E-state index in [1.165, 1.54) is 0 Å². The van der Waals surface area contributed by atoms with Gasteiger partial charge >= 0.3 is 6.03 Å². The normalized spacial score (nSPS) is 16.8. The summed E-state index contributed by atoms with van der Waals surface area (Å²) in [5, 5.41) is 9.57. The van der Waals surface area contributed by atoms with Crippen LogP contribution in [0.5, 0.6) is 0 Å². The number of carbonyl (C=O) groups is 1. The molecular formula is C17H23N5O3. The number of aryl methyl sites for hydroxylation is 3. The Kier molecular flexibility index (Phi) is 5.28. The second kappa shape index (κ2) is 7.60. The zero-order valence-corrected chi connectivity index (χ0v) is 14.8. The van der Waals surface area contributed by atoms with Crippen molar-refractivity contribution < 1.29 is 14.1 Å². The average molecular weight is 345 g/mol. The summed E-state index contributed by atoms with van der Waals surface area (Å²) >= 11 is 0. The van der Waals surface area contributed by atoms with Gasteiger partial charge in [0.05, 0.1) is 11.4 Å². The van der Waals surface area contributed by atoms with Gasteiger partial charge in [-0.25, -0.2) is 4.79 Å². The Morgan fingerprint density at radius 1 is 1.32 bits per heavy atom. The Labute approximate surface area is 146 Å². The molecule has 1 aliphatic rings. The minimum Gasteiger partial charge on any atom is -0.368 e. The Hall–Kier alpha value is -2.48. The fraction of sp³-hybridized carbons (Fsp3) is 0.529. The van der Waals surface area contributed by atoms with Gasteiger partial charge in [0.2, 0.25) is 0 Å². The highest BCUT2D eigenvalue weighted by molar-refractivity contribution is 5.90. The third-order valence-corrected chi connectivity index (χ3v) is 4.09. The van der Waals surface area contributed by atoms with E-state index in [9.17, 15) is 4.79 Å². The van der Waals surface area contributed by atoms with Gasteiger partial charge in [-0.1, -0.05) is 5.16 Å². The predicted molar refractivity (Wildman–Crippen MR) is 91.4 cm³/mol. The Balaban J connectivity index is 1.48. The van der Waals surface area contributed by atoms with Crippen molar-refractivity contribution in [1.29, 1.82) is 0 Å². The number of nitrogens with one attached hydrogen (secondary N) is 2. The monoisotopic (exact) mass is 345 g/mol. The third kappa shape index (κ3) is 4.33. The van der Waals surface area contributed by atoms with E-state index in [-0.39, 0.29) is 12.1 Å². The molecule has 0 bridgehead atoms. The van der Waals surface area contributed by atoms with Gasteiger partial charge in [0, 0.05) is 25.3 Å². The first kappa shape index (κ1) is 17.3. The van der Waals surface area contributed by atoms with Crippen LogP contribution in [0.3, 0.4) is 0 Å². The first-order chi connectivity index (χ1) is 12.0. The average Bonchev–Trinajstić information content (AvgIpc) is 3.22. The molecule has 2 N–H and O–H groups in total. The number of urea groups is 1. The molecule has 1 saturated heterocycles. The van der Waals surface area contributed by atoms with Gasteiger partial charge in [0.25, 0.3) is 5.89 Å². The fourth-order valence-electron chi connectivity index (χ4n) is 2.93. The van der Waals surface area contributed by atoms with E-state index in [4.69, 9.17) is 9.26 Å². The first-order valence-corrected chi connectivity index (χ1v) is 8.46. The molecule has 0 aliphatic carbocycles. The Morgan fingerprint density at radius 2 is 2.16 bits per heavy atom. The fourth-order valence-corrected chi connectivity index (χ4v) is 2.93. The van der Waals surface area contributed by atoms with Gasteiger partial charge in [-0.05, 0) is 45.2 Å². The number of aromatic nitrogens is 3. The molecule has 1 unspecified atom stereocenters. The summed E-state index contributed by atoms with van der Waals surface area (Å²) in [5.41, 5.74) is 3.45. The second-order valence-corrected chi connectivity index (χ2v) is 6.22. The summed E-state index contributed by atoms with van der Waals surface area (Å²) in [6.45, 7) is 6.90. The topological polar surface area (TPSA) is 102 Å². The summed E-state index contributed by atoms with van der Waals surface area (Å²) in [7, 11) is 0. The van der Waals surface area contributed by atoms with Crippen LogP contribution in [0.1, 0.15) is 47.6 Å². The van der Waals surface area contributed by atoms with Crippen molar-refractivity contribution >= 4 is 11.7 Å². The quantitative estimate of drug-likeness (QED) is 0.863. The zero-order chi connectivity index (χ0) is 17.8. The summed E-state index contributed by atoms with van der Waals surface area (Å²) < 4.78 is 10.7. The lowest BCUT2D eigenvalue weighted by Crippen LogP contribution is -2.31. The van der Waals surface area contributed by atoms with Crippen LogP contribution in [0.2, 0.25) is 0 Å². The number of amides is 2. The molecule has 3 rings (SSSR count). The van der Waals surface area contributed by atoms with E-state index < -0.39 is 0 Å². The Bertz CT molecular complexity index is 729. The second-order valence-electron chi connectivity index (χ2n) is 6.22. The lowest BCUT2D eigenvalue weighted by atomic mass is 10.1. The minimum absolute atomic E-state index is 0.0857. The molecule has 25 heavy (non-hydrogen) atoms. The molecule has 0 aromatic carbocycles. The molecule has 1 fully saturated rings. The van der Waals surface area contributed by atoms with Gasteiger partial charge in [-0.3, -0.25) is 4.98 Å². The maximum atomic E-state index is 12.1. The number of nitrogens with zero attached hydrogens (tertiary/aromatic N) is 3. The molecule has 2 aromatic rings. The number of carbonyl (C=O) groups excluding carboxylic acids is 1. The third-order valence-electron chi connectivity index (χ3n) is 4.09. The van der Waals surface area contributed by atoms with Crippen LogP contribution in [0.25, 0.3) is 0 Å². The number of hydrogen-bond acceptors (Lipinski definition) is 6. The summed E-state index contributed by atoms with van der Waals surface area (Å²) in [5.74, 6) is 1.09. The highest BCUT2D eigenvalue weighted by atomic mass is 16.5. The van der Waals surface area contributed by atoms with Crippen molar-refractivity contribution in [3.8, 4) is 0 Å². The lowest BCUT2D eigenvalue weighted by molar-refractivity contribution is 0.0835. The summed E-state index contributed by atoms with van der Waals surface area (Å²) in [6.07, 6.45) is 2.33. The number of ether oxygens (including phenoxy) is 1. The molecule has 0 saturated carbocycles. The van der Waals surface area contributed by atoms with E-state index in [1.807, 2.05) is 26.8 Å².